The van der Waals surface area contributed by atoms with Gasteiger partial charge in [0.2, 0.25) is 5.91 Å². The maximum atomic E-state index is 10.4. The molecule has 4 nitrogen and oxygen atoms in total. The van der Waals surface area contributed by atoms with Crippen LogP contribution in [0.15, 0.2) is 30.3 Å². The van der Waals surface area contributed by atoms with Gasteiger partial charge in [-0.1, -0.05) is 25.1 Å². The number of hydrogen-bond donors (Lipinski definition) is 2. The Bertz CT molecular complexity index is 295. The molecule has 0 unspecified atom stereocenters. The SMILES string of the molecule is CCC(=O)O.NC(=O)c1ccccc1. The van der Waals surface area contributed by atoms with Crippen LogP contribution < -0.4 is 5.73 Å². The zero-order valence-corrected chi connectivity index (χ0v) is 7.93. The van der Waals surface area contributed by atoms with E-state index in [2.05, 4.69) is 0 Å². The Morgan fingerprint density at radius 3 is 1.93 bits per heavy atom. The van der Waals surface area contributed by atoms with E-state index < -0.39 is 5.97 Å². The molecule has 0 fully saturated rings. The summed E-state index contributed by atoms with van der Waals surface area (Å²) < 4.78 is 0. The Hall–Kier alpha value is -1.84. The Kier molecular flexibility index (Phi) is 5.78. The van der Waals surface area contributed by atoms with Gasteiger partial charge >= 0.3 is 5.97 Å². The number of primary amides is 1. The Morgan fingerprint density at radius 1 is 1.29 bits per heavy atom. The minimum absolute atomic E-state index is 0.222. The van der Waals surface area contributed by atoms with E-state index in [4.69, 9.17) is 10.8 Å². The molecule has 3 N–H and O–H groups in total. The molecule has 0 saturated carbocycles. The molecule has 0 aliphatic heterocycles. The molecule has 0 saturated heterocycles. The third-order valence-corrected chi connectivity index (χ3v) is 1.36. The van der Waals surface area contributed by atoms with Gasteiger partial charge in [0.1, 0.15) is 0 Å². The van der Waals surface area contributed by atoms with Gasteiger partial charge in [-0.25, -0.2) is 0 Å². The summed E-state index contributed by atoms with van der Waals surface area (Å²) >= 11 is 0. The van der Waals surface area contributed by atoms with E-state index in [0.29, 0.717) is 5.56 Å². The van der Waals surface area contributed by atoms with Crippen LogP contribution >= 0.6 is 0 Å². The topological polar surface area (TPSA) is 80.4 Å². The molecule has 1 aromatic carbocycles. The molecule has 1 amide bonds. The van der Waals surface area contributed by atoms with Crippen molar-refractivity contribution < 1.29 is 14.7 Å². The number of carboxylic acids is 1. The van der Waals surface area contributed by atoms with Crippen LogP contribution in [0.4, 0.5) is 0 Å². The quantitative estimate of drug-likeness (QED) is 0.745. The number of hydrogen-bond acceptors (Lipinski definition) is 2. The molecular formula is C10H13NO3. The Morgan fingerprint density at radius 2 is 1.71 bits per heavy atom. The van der Waals surface area contributed by atoms with E-state index in [1.165, 1.54) is 0 Å². The molecule has 0 aromatic heterocycles. The first-order valence-electron chi connectivity index (χ1n) is 4.14. The summed E-state index contributed by atoms with van der Waals surface area (Å²) in [6, 6.07) is 8.76. The number of carboxylic acid groups (broad SMARTS) is 1. The molecule has 0 bridgehead atoms. The third-order valence-electron chi connectivity index (χ3n) is 1.36. The first-order valence-corrected chi connectivity index (χ1v) is 4.14. The van der Waals surface area contributed by atoms with Crippen LogP contribution in [-0.4, -0.2) is 17.0 Å². The molecule has 14 heavy (non-hydrogen) atoms. The predicted octanol–water partition coefficient (Wildman–Crippen LogP) is 1.27. The van der Waals surface area contributed by atoms with Crippen LogP contribution in [0, 0.1) is 0 Å². The van der Waals surface area contributed by atoms with E-state index in [0.717, 1.165) is 0 Å². The molecule has 0 aliphatic carbocycles. The van der Waals surface area contributed by atoms with Gasteiger partial charge in [0.15, 0.2) is 0 Å². The molecule has 0 spiro atoms. The van der Waals surface area contributed by atoms with Crippen LogP contribution in [0.25, 0.3) is 0 Å². The predicted molar refractivity (Wildman–Crippen MR) is 52.9 cm³/mol. The highest BCUT2D eigenvalue weighted by molar-refractivity contribution is 5.92. The Labute approximate surface area is 82.4 Å². The molecular weight excluding hydrogens is 182 g/mol. The van der Waals surface area contributed by atoms with Crippen LogP contribution in [-0.2, 0) is 4.79 Å². The van der Waals surface area contributed by atoms with Gasteiger partial charge in [-0.05, 0) is 12.1 Å². The lowest BCUT2D eigenvalue weighted by atomic mass is 10.2. The molecule has 1 rings (SSSR count). The van der Waals surface area contributed by atoms with Crippen LogP contribution in [0.3, 0.4) is 0 Å². The van der Waals surface area contributed by atoms with Gasteiger partial charge in [-0.2, -0.15) is 0 Å². The zero-order valence-electron chi connectivity index (χ0n) is 7.93. The lowest BCUT2D eigenvalue weighted by molar-refractivity contribution is -0.136. The normalized spacial score (nSPS) is 8.36. The number of aliphatic carboxylic acids is 1. The summed E-state index contributed by atoms with van der Waals surface area (Å²) in [6.07, 6.45) is 0.222. The van der Waals surface area contributed by atoms with Crippen LogP contribution in [0.1, 0.15) is 23.7 Å². The van der Waals surface area contributed by atoms with Crippen molar-refractivity contribution in [3.05, 3.63) is 35.9 Å². The highest BCUT2D eigenvalue weighted by Crippen LogP contribution is 1.94. The smallest absolute Gasteiger partial charge is 0.303 e. The molecule has 0 radical (unpaired) electrons. The van der Waals surface area contributed by atoms with E-state index >= 15 is 0 Å². The van der Waals surface area contributed by atoms with Crippen molar-refractivity contribution in [2.75, 3.05) is 0 Å². The van der Waals surface area contributed by atoms with Gasteiger partial charge in [0, 0.05) is 12.0 Å². The monoisotopic (exact) mass is 195 g/mol. The average Bonchev–Trinajstić information content (AvgIpc) is 2.20. The minimum Gasteiger partial charge on any atom is -0.481 e. The van der Waals surface area contributed by atoms with E-state index in [9.17, 15) is 9.59 Å². The maximum Gasteiger partial charge on any atom is 0.303 e. The summed E-state index contributed by atoms with van der Waals surface area (Å²) in [6.45, 7) is 1.60. The molecule has 0 aliphatic rings. The van der Waals surface area contributed by atoms with Gasteiger partial charge in [-0.15, -0.1) is 0 Å². The van der Waals surface area contributed by atoms with Crippen molar-refractivity contribution in [1.29, 1.82) is 0 Å². The fourth-order valence-corrected chi connectivity index (χ4v) is 0.602. The number of carbonyl (C=O) groups is 2. The van der Waals surface area contributed by atoms with Crippen molar-refractivity contribution in [2.45, 2.75) is 13.3 Å². The molecule has 76 valence electrons. The molecule has 0 heterocycles. The second kappa shape index (κ2) is 6.65. The number of amides is 1. The molecule has 4 heteroatoms. The number of nitrogens with two attached hydrogens (primary N) is 1. The average molecular weight is 195 g/mol. The zero-order chi connectivity index (χ0) is 11.0. The van der Waals surface area contributed by atoms with Crippen LogP contribution in [0.2, 0.25) is 0 Å². The number of carbonyl (C=O) groups excluding carboxylic acids is 1. The van der Waals surface area contributed by atoms with Crippen molar-refractivity contribution in [3.8, 4) is 0 Å². The first kappa shape index (κ1) is 12.2. The van der Waals surface area contributed by atoms with Crippen molar-refractivity contribution in [1.82, 2.24) is 0 Å². The van der Waals surface area contributed by atoms with Gasteiger partial charge in [-0.3, -0.25) is 9.59 Å². The maximum absolute atomic E-state index is 10.4. The summed E-state index contributed by atoms with van der Waals surface area (Å²) in [5.41, 5.74) is 5.53. The van der Waals surface area contributed by atoms with E-state index in [-0.39, 0.29) is 12.3 Å². The minimum atomic E-state index is -0.745. The van der Waals surface area contributed by atoms with Gasteiger partial charge in [0.05, 0.1) is 0 Å². The van der Waals surface area contributed by atoms with E-state index in [1.807, 2.05) is 6.07 Å². The first-order chi connectivity index (χ1) is 6.57. The second-order valence-corrected chi connectivity index (χ2v) is 2.48. The second-order valence-electron chi connectivity index (χ2n) is 2.48. The fraction of sp³-hybridized carbons (Fsp3) is 0.200. The molecule has 0 atom stereocenters. The lowest BCUT2D eigenvalue weighted by Gasteiger charge is -1.89. The third kappa shape index (κ3) is 5.77. The standard InChI is InChI=1S/C7H7NO.C3H6O2/c8-7(9)6-4-2-1-3-5-6;1-2-3(4)5/h1-5H,(H2,8,9);2H2,1H3,(H,4,5). The van der Waals surface area contributed by atoms with Crippen molar-refractivity contribution >= 4 is 11.9 Å². The van der Waals surface area contributed by atoms with Crippen LogP contribution in [0.5, 0.6) is 0 Å². The summed E-state index contributed by atoms with van der Waals surface area (Å²) in [7, 11) is 0. The van der Waals surface area contributed by atoms with Crippen molar-refractivity contribution in [2.24, 2.45) is 5.73 Å². The van der Waals surface area contributed by atoms with Gasteiger partial charge in [0.25, 0.3) is 0 Å². The summed E-state index contributed by atoms with van der Waals surface area (Å²) in [4.78, 5) is 19.8. The summed E-state index contributed by atoms with van der Waals surface area (Å²) in [5.74, 6) is -1.12. The van der Waals surface area contributed by atoms with Gasteiger partial charge < -0.3 is 10.8 Å². The summed E-state index contributed by atoms with van der Waals surface area (Å²) in [5, 5.41) is 7.72. The highest BCUT2D eigenvalue weighted by Gasteiger charge is 1.93. The number of benzene rings is 1. The van der Waals surface area contributed by atoms with E-state index in [1.54, 1.807) is 31.2 Å². The fourth-order valence-electron chi connectivity index (χ4n) is 0.602. The number of rotatable bonds is 2. The largest absolute Gasteiger partial charge is 0.481 e. The Balaban J connectivity index is 0.000000292. The van der Waals surface area contributed by atoms with Crippen molar-refractivity contribution in [3.63, 3.8) is 0 Å². The molecule has 1 aromatic rings. The lowest BCUT2D eigenvalue weighted by Crippen LogP contribution is -2.09. The highest BCUT2D eigenvalue weighted by atomic mass is 16.4.